The van der Waals surface area contributed by atoms with E-state index in [1.54, 1.807) is 0 Å². The van der Waals surface area contributed by atoms with Crippen LogP contribution in [0.5, 0.6) is 0 Å². The molecule has 0 radical (unpaired) electrons. The smallest absolute Gasteiger partial charge is 0.549 e. The molecular formula is C9H12Cl3GaO6. The van der Waals surface area contributed by atoms with Crippen molar-refractivity contribution in [3.8, 4) is 0 Å². The zero-order chi connectivity index (χ0) is 15.5. The average Bonchev–Trinajstić information content (AvgIpc) is 2.18. The molecule has 0 aromatic heterocycles. The van der Waals surface area contributed by atoms with E-state index in [4.69, 9.17) is 34.8 Å². The van der Waals surface area contributed by atoms with E-state index in [9.17, 15) is 29.7 Å². The first-order chi connectivity index (χ1) is 7.93. The summed E-state index contributed by atoms with van der Waals surface area (Å²) in [7, 11) is 0. The van der Waals surface area contributed by atoms with Crippen LogP contribution in [0.25, 0.3) is 0 Å². The molecule has 3 atom stereocenters. The Morgan fingerprint density at radius 1 is 0.684 bits per heavy atom. The number of rotatable bonds is 3. The Morgan fingerprint density at radius 2 is 0.737 bits per heavy atom. The summed E-state index contributed by atoms with van der Waals surface area (Å²) in [6.45, 7) is 4.03. The molecule has 0 rings (SSSR count). The normalized spacial score (nSPS) is 12.9. The Bertz CT molecular complexity index is 228. The van der Waals surface area contributed by atoms with Crippen molar-refractivity contribution in [2.45, 2.75) is 36.9 Å². The van der Waals surface area contributed by atoms with Crippen molar-refractivity contribution in [1.82, 2.24) is 0 Å². The van der Waals surface area contributed by atoms with Gasteiger partial charge >= 0.3 is 19.8 Å². The maximum Gasteiger partial charge on any atom is 3.00 e. The Morgan fingerprint density at radius 3 is 0.737 bits per heavy atom. The fraction of sp³-hybridized carbons (Fsp3) is 0.667. The number of carbonyl (C=O) groups is 3. The van der Waals surface area contributed by atoms with Crippen LogP contribution in [-0.2, 0) is 14.4 Å². The molecule has 0 aromatic carbocycles. The van der Waals surface area contributed by atoms with E-state index in [-0.39, 0.29) is 19.8 Å². The van der Waals surface area contributed by atoms with Crippen LogP contribution >= 0.6 is 34.8 Å². The van der Waals surface area contributed by atoms with E-state index in [0.29, 0.717) is 0 Å². The van der Waals surface area contributed by atoms with Crippen LogP contribution in [0.4, 0.5) is 0 Å². The Balaban J connectivity index is -0.0000000865. The van der Waals surface area contributed by atoms with Gasteiger partial charge in [0.15, 0.2) is 0 Å². The number of hydrogen-bond donors (Lipinski definition) is 0. The van der Waals surface area contributed by atoms with E-state index in [1.807, 2.05) is 0 Å². The summed E-state index contributed by atoms with van der Waals surface area (Å²) in [4.78, 5) is 28.4. The number of hydrogen-bond acceptors (Lipinski definition) is 6. The number of aliphatic carboxylic acids is 3. The summed E-state index contributed by atoms with van der Waals surface area (Å²) < 4.78 is 0. The molecule has 0 heterocycles. The SMILES string of the molecule is CC(Cl)C(=O)[O-].CC(Cl)C(=O)[O-].CC(Cl)C(=O)[O-].[Ga+3]. The van der Waals surface area contributed by atoms with Crippen LogP contribution in [0.15, 0.2) is 0 Å². The number of carboxylic acids is 3. The van der Waals surface area contributed by atoms with Crippen LogP contribution in [0.3, 0.4) is 0 Å². The molecule has 108 valence electrons. The minimum absolute atomic E-state index is 0. The first-order valence-electron chi connectivity index (χ1n) is 4.48. The van der Waals surface area contributed by atoms with Crippen molar-refractivity contribution < 1.29 is 29.7 Å². The van der Waals surface area contributed by atoms with Gasteiger partial charge in [0, 0.05) is 0 Å². The second-order valence-corrected chi connectivity index (χ2v) is 4.77. The molecule has 6 nitrogen and oxygen atoms in total. The van der Waals surface area contributed by atoms with E-state index in [2.05, 4.69) is 0 Å². The third kappa shape index (κ3) is 32.0. The van der Waals surface area contributed by atoms with Gasteiger partial charge in [-0.1, -0.05) is 0 Å². The van der Waals surface area contributed by atoms with Crippen LogP contribution < -0.4 is 15.3 Å². The number of carbonyl (C=O) groups excluding carboxylic acids is 3. The molecule has 0 aliphatic heterocycles. The summed E-state index contributed by atoms with van der Waals surface area (Å²) in [5.41, 5.74) is 0. The first kappa shape index (κ1) is 27.3. The molecule has 10 heteroatoms. The molecular weight excluding hydrogens is 380 g/mol. The van der Waals surface area contributed by atoms with E-state index >= 15 is 0 Å². The third-order valence-corrected chi connectivity index (χ3v) is 1.51. The molecule has 19 heavy (non-hydrogen) atoms. The summed E-state index contributed by atoms with van der Waals surface area (Å²) in [6.07, 6.45) is 0. The van der Waals surface area contributed by atoms with Crippen molar-refractivity contribution in [1.29, 1.82) is 0 Å². The average molecular weight is 392 g/mol. The molecule has 0 aliphatic rings. The minimum Gasteiger partial charge on any atom is -0.549 e. The molecule has 0 saturated carbocycles. The van der Waals surface area contributed by atoms with Crippen molar-refractivity contribution in [2.24, 2.45) is 0 Å². The molecule has 0 amide bonds. The van der Waals surface area contributed by atoms with Gasteiger partial charge in [-0.05, 0) is 20.8 Å². The van der Waals surface area contributed by atoms with Gasteiger partial charge in [0.1, 0.15) is 0 Å². The van der Waals surface area contributed by atoms with Gasteiger partial charge < -0.3 is 29.7 Å². The largest absolute Gasteiger partial charge is 3.00 e. The Hall–Kier alpha value is -0.0836. The van der Waals surface area contributed by atoms with Crippen LogP contribution in [0, 0.1) is 0 Å². The van der Waals surface area contributed by atoms with Gasteiger partial charge in [-0.2, -0.15) is 0 Å². The maximum atomic E-state index is 9.46. The molecule has 0 fully saturated rings. The number of alkyl halides is 3. The van der Waals surface area contributed by atoms with Crippen LogP contribution in [-0.4, -0.2) is 53.8 Å². The standard InChI is InChI=1S/3C3H5ClO2.Ga/c3*1-2(4)3(5)6;/h3*2H,1H3,(H,5,6);/q;;;+3/p-3. The Kier molecular flexibility index (Phi) is 22.9. The molecule has 3 unspecified atom stereocenters. The van der Waals surface area contributed by atoms with Crippen molar-refractivity contribution in [3.05, 3.63) is 0 Å². The molecule has 0 aliphatic carbocycles. The Labute approximate surface area is 139 Å². The topological polar surface area (TPSA) is 120 Å². The van der Waals surface area contributed by atoms with Crippen LogP contribution in [0.1, 0.15) is 20.8 Å². The van der Waals surface area contributed by atoms with Gasteiger partial charge in [0.05, 0.1) is 34.0 Å². The molecule has 0 bridgehead atoms. The fourth-order valence-corrected chi connectivity index (χ4v) is 0. The number of carboxylic acid groups (broad SMARTS) is 3. The molecule has 0 spiro atoms. The van der Waals surface area contributed by atoms with E-state index in [0.717, 1.165) is 0 Å². The zero-order valence-corrected chi connectivity index (χ0v) is 15.1. The van der Waals surface area contributed by atoms with Gasteiger partial charge in [-0.15, -0.1) is 34.8 Å². The second kappa shape index (κ2) is 16.0. The summed E-state index contributed by atoms with van der Waals surface area (Å²) >= 11 is 14.9. The molecule has 0 saturated heterocycles. The fourth-order valence-electron chi connectivity index (χ4n) is 0. The quantitative estimate of drug-likeness (QED) is 0.394. The van der Waals surface area contributed by atoms with E-state index < -0.39 is 34.0 Å². The zero-order valence-electron chi connectivity index (χ0n) is 10.4. The van der Waals surface area contributed by atoms with Crippen molar-refractivity contribution in [2.75, 3.05) is 0 Å². The van der Waals surface area contributed by atoms with Crippen molar-refractivity contribution in [3.63, 3.8) is 0 Å². The van der Waals surface area contributed by atoms with Crippen molar-refractivity contribution >= 4 is 72.5 Å². The van der Waals surface area contributed by atoms with Crippen LogP contribution in [0.2, 0.25) is 0 Å². The van der Waals surface area contributed by atoms with Gasteiger partial charge in [-0.25, -0.2) is 0 Å². The van der Waals surface area contributed by atoms with Gasteiger partial charge in [-0.3, -0.25) is 0 Å². The number of halogens is 3. The van der Waals surface area contributed by atoms with Gasteiger partial charge in [0.2, 0.25) is 0 Å². The summed E-state index contributed by atoms with van der Waals surface area (Å²) in [5, 5.41) is 25.8. The second-order valence-electron chi connectivity index (χ2n) is 2.81. The predicted molar refractivity (Wildman–Crippen MR) is 66.7 cm³/mol. The predicted octanol–water partition coefficient (Wildman–Crippen LogP) is -2.29. The van der Waals surface area contributed by atoms with Gasteiger partial charge in [0.25, 0.3) is 0 Å². The summed E-state index contributed by atoms with van der Waals surface area (Å²) in [6, 6.07) is 0. The summed E-state index contributed by atoms with van der Waals surface area (Å²) in [5.74, 6) is -3.68. The molecule has 0 N–H and O–H groups in total. The maximum absolute atomic E-state index is 9.46. The minimum atomic E-state index is -1.23. The van der Waals surface area contributed by atoms with E-state index in [1.165, 1.54) is 20.8 Å². The third-order valence-electron chi connectivity index (χ3n) is 0.974. The monoisotopic (exact) mass is 390 g/mol. The molecule has 0 aromatic rings. The first-order valence-corrected chi connectivity index (χ1v) is 5.79.